The molecule has 80 valence electrons. The number of pyridine rings is 2. The van der Waals surface area contributed by atoms with E-state index in [1.807, 2.05) is 19.1 Å². The van der Waals surface area contributed by atoms with Crippen LogP contribution in [0.15, 0.2) is 42.4 Å². The van der Waals surface area contributed by atoms with Crippen LogP contribution in [-0.4, -0.2) is 9.97 Å². The number of rotatable bonds is 2. The summed E-state index contributed by atoms with van der Waals surface area (Å²) in [5.74, 6) is 0. The summed E-state index contributed by atoms with van der Waals surface area (Å²) in [7, 11) is 0. The SMILES string of the molecule is C=CC(=C)c1cc2cc[nH]c(=O)c2c(C)n1. The highest BCUT2D eigenvalue weighted by molar-refractivity contribution is 5.86. The van der Waals surface area contributed by atoms with Gasteiger partial charge in [0.05, 0.1) is 16.8 Å². The molecule has 3 nitrogen and oxygen atoms in total. The minimum atomic E-state index is -0.113. The van der Waals surface area contributed by atoms with Gasteiger partial charge in [-0.15, -0.1) is 0 Å². The fourth-order valence-corrected chi connectivity index (χ4v) is 1.67. The third-order valence-corrected chi connectivity index (χ3v) is 2.51. The summed E-state index contributed by atoms with van der Waals surface area (Å²) in [6, 6.07) is 3.70. The van der Waals surface area contributed by atoms with Gasteiger partial charge < -0.3 is 4.98 Å². The first-order chi connectivity index (χ1) is 7.63. The Hall–Kier alpha value is -2.16. The molecule has 0 aliphatic carbocycles. The number of fused-ring (bicyclic) bond motifs is 1. The normalized spacial score (nSPS) is 10.3. The van der Waals surface area contributed by atoms with E-state index < -0.39 is 0 Å². The van der Waals surface area contributed by atoms with Crippen LogP contribution in [0.3, 0.4) is 0 Å². The minimum Gasteiger partial charge on any atom is -0.329 e. The van der Waals surface area contributed by atoms with Gasteiger partial charge in [-0.1, -0.05) is 19.2 Å². The maximum atomic E-state index is 11.6. The second-order valence-corrected chi connectivity index (χ2v) is 3.59. The molecule has 2 aromatic heterocycles. The van der Waals surface area contributed by atoms with E-state index >= 15 is 0 Å². The van der Waals surface area contributed by atoms with E-state index in [1.54, 1.807) is 12.3 Å². The van der Waals surface area contributed by atoms with E-state index in [4.69, 9.17) is 0 Å². The first kappa shape index (κ1) is 10.4. The van der Waals surface area contributed by atoms with Crippen LogP contribution in [0.1, 0.15) is 11.4 Å². The topological polar surface area (TPSA) is 45.8 Å². The molecule has 2 heterocycles. The van der Waals surface area contributed by atoms with Gasteiger partial charge in [-0.25, -0.2) is 0 Å². The molecule has 3 heteroatoms. The van der Waals surface area contributed by atoms with Gasteiger partial charge >= 0.3 is 0 Å². The average molecular weight is 212 g/mol. The lowest BCUT2D eigenvalue weighted by Crippen LogP contribution is -2.07. The minimum absolute atomic E-state index is 0.113. The van der Waals surface area contributed by atoms with E-state index in [-0.39, 0.29) is 5.56 Å². The van der Waals surface area contributed by atoms with E-state index in [0.717, 1.165) is 16.7 Å². The summed E-state index contributed by atoms with van der Waals surface area (Å²) < 4.78 is 0. The summed E-state index contributed by atoms with van der Waals surface area (Å²) in [5.41, 5.74) is 2.10. The smallest absolute Gasteiger partial charge is 0.257 e. The molecule has 16 heavy (non-hydrogen) atoms. The standard InChI is InChI=1S/C13H12N2O/c1-4-8(2)11-7-10-5-6-14-13(16)12(10)9(3)15-11/h4-7H,1-2H2,3H3,(H,14,16). The summed E-state index contributed by atoms with van der Waals surface area (Å²) in [5, 5.41) is 1.50. The van der Waals surface area contributed by atoms with Crippen LogP contribution in [0.2, 0.25) is 0 Å². The molecule has 0 fully saturated rings. The zero-order valence-electron chi connectivity index (χ0n) is 9.08. The van der Waals surface area contributed by atoms with Crippen LogP contribution in [-0.2, 0) is 0 Å². The lowest BCUT2D eigenvalue weighted by molar-refractivity contribution is 1.18. The van der Waals surface area contributed by atoms with Crippen molar-refractivity contribution in [1.82, 2.24) is 9.97 Å². The molecule has 0 atom stereocenters. The molecule has 0 spiro atoms. The molecule has 1 N–H and O–H groups in total. The highest BCUT2D eigenvalue weighted by atomic mass is 16.1. The average Bonchev–Trinajstić information content (AvgIpc) is 2.27. The fourth-order valence-electron chi connectivity index (χ4n) is 1.67. The van der Waals surface area contributed by atoms with Crippen molar-refractivity contribution < 1.29 is 0 Å². The Morgan fingerprint density at radius 2 is 2.31 bits per heavy atom. The van der Waals surface area contributed by atoms with Crippen LogP contribution in [0.5, 0.6) is 0 Å². The Balaban J connectivity index is 2.83. The maximum absolute atomic E-state index is 11.6. The quantitative estimate of drug-likeness (QED) is 0.777. The number of aryl methyl sites for hydroxylation is 1. The van der Waals surface area contributed by atoms with Gasteiger partial charge in [-0.05, 0) is 30.0 Å². The Morgan fingerprint density at radius 1 is 1.56 bits per heavy atom. The summed E-state index contributed by atoms with van der Waals surface area (Å²) in [6.07, 6.45) is 3.28. The molecule has 0 saturated heterocycles. The van der Waals surface area contributed by atoms with E-state index in [9.17, 15) is 4.79 Å². The van der Waals surface area contributed by atoms with Crippen molar-refractivity contribution in [2.24, 2.45) is 0 Å². The third kappa shape index (κ3) is 1.56. The first-order valence-electron chi connectivity index (χ1n) is 4.94. The highest BCUT2D eigenvalue weighted by Crippen LogP contribution is 2.18. The van der Waals surface area contributed by atoms with Crippen molar-refractivity contribution in [3.63, 3.8) is 0 Å². The van der Waals surface area contributed by atoms with Crippen molar-refractivity contribution in [2.75, 3.05) is 0 Å². The zero-order chi connectivity index (χ0) is 11.7. The molecule has 2 aromatic rings. The molecule has 0 unspecified atom stereocenters. The summed E-state index contributed by atoms with van der Waals surface area (Å²) in [4.78, 5) is 18.6. The molecule has 0 aliphatic rings. The molecule has 0 bridgehead atoms. The lowest BCUT2D eigenvalue weighted by Gasteiger charge is -2.05. The van der Waals surface area contributed by atoms with Crippen molar-refractivity contribution in [1.29, 1.82) is 0 Å². The molecular weight excluding hydrogens is 200 g/mol. The Bertz CT molecular complexity index is 638. The van der Waals surface area contributed by atoms with Crippen molar-refractivity contribution >= 4 is 16.3 Å². The lowest BCUT2D eigenvalue weighted by atomic mass is 10.1. The number of hydrogen-bond acceptors (Lipinski definition) is 2. The monoisotopic (exact) mass is 212 g/mol. The molecule has 0 saturated carbocycles. The van der Waals surface area contributed by atoms with Crippen molar-refractivity contribution in [3.8, 4) is 0 Å². The first-order valence-corrected chi connectivity index (χ1v) is 4.94. The second-order valence-electron chi connectivity index (χ2n) is 3.59. The highest BCUT2D eigenvalue weighted by Gasteiger charge is 2.06. The second kappa shape index (κ2) is 3.77. The van der Waals surface area contributed by atoms with Crippen LogP contribution in [0.25, 0.3) is 16.3 Å². The predicted molar refractivity (Wildman–Crippen MR) is 66.3 cm³/mol. The van der Waals surface area contributed by atoms with Crippen molar-refractivity contribution in [3.05, 3.63) is 59.3 Å². The molecule has 0 amide bonds. The Labute approximate surface area is 93.2 Å². The van der Waals surface area contributed by atoms with Crippen LogP contribution < -0.4 is 5.56 Å². The van der Waals surface area contributed by atoms with E-state index in [0.29, 0.717) is 11.1 Å². The van der Waals surface area contributed by atoms with Crippen LogP contribution >= 0.6 is 0 Å². The molecule has 0 aromatic carbocycles. The van der Waals surface area contributed by atoms with Crippen molar-refractivity contribution in [2.45, 2.75) is 6.92 Å². The number of nitrogens with zero attached hydrogens (tertiary/aromatic N) is 1. The van der Waals surface area contributed by atoms with E-state index in [2.05, 4.69) is 23.1 Å². The molecule has 0 aliphatic heterocycles. The third-order valence-electron chi connectivity index (χ3n) is 2.51. The van der Waals surface area contributed by atoms with Gasteiger partial charge in [0.15, 0.2) is 0 Å². The number of H-pyrrole nitrogens is 1. The zero-order valence-corrected chi connectivity index (χ0v) is 9.08. The Kier molecular flexibility index (Phi) is 2.44. The molecular formula is C13H12N2O. The van der Waals surface area contributed by atoms with Crippen LogP contribution in [0, 0.1) is 6.92 Å². The number of aromatic amines is 1. The largest absolute Gasteiger partial charge is 0.329 e. The van der Waals surface area contributed by atoms with Crippen LogP contribution in [0.4, 0.5) is 0 Å². The fraction of sp³-hybridized carbons (Fsp3) is 0.0769. The predicted octanol–water partition coefficient (Wildman–Crippen LogP) is 2.43. The Morgan fingerprint density at radius 3 is 3.00 bits per heavy atom. The van der Waals surface area contributed by atoms with Gasteiger partial charge in [0.1, 0.15) is 0 Å². The summed E-state index contributed by atoms with van der Waals surface area (Å²) >= 11 is 0. The molecule has 2 rings (SSSR count). The van der Waals surface area contributed by atoms with Gasteiger partial charge in [0, 0.05) is 6.20 Å². The van der Waals surface area contributed by atoms with Gasteiger partial charge in [0.25, 0.3) is 5.56 Å². The van der Waals surface area contributed by atoms with Gasteiger partial charge in [-0.2, -0.15) is 0 Å². The van der Waals surface area contributed by atoms with Gasteiger partial charge in [0.2, 0.25) is 0 Å². The summed E-state index contributed by atoms with van der Waals surface area (Å²) in [6.45, 7) is 9.32. The van der Waals surface area contributed by atoms with Gasteiger partial charge in [-0.3, -0.25) is 9.78 Å². The number of allylic oxidation sites excluding steroid dienone is 2. The number of aromatic nitrogens is 2. The number of hydrogen-bond donors (Lipinski definition) is 1. The maximum Gasteiger partial charge on any atom is 0.257 e. The molecule has 0 radical (unpaired) electrons. The van der Waals surface area contributed by atoms with E-state index in [1.165, 1.54) is 0 Å². The number of nitrogens with one attached hydrogen (secondary N) is 1.